The number of nitrogens with one attached hydrogen (secondary N) is 1. The van der Waals surface area contributed by atoms with Crippen LogP contribution in [0.3, 0.4) is 0 Å². The first-order valence-corrected chi connectivity index (χ1v) is 6.55. The van der Waals surface area contributed by atoms with E-state index in [0.29, 0.717) is 4.68 Å². The first-order valence-electron chi connectivity index (χ1n) is 6.14. The summed E-state index contributed by atoms with van der Waals surface area (Å²) in [5, 5.41) is 19.6. The van der Waals surface area contributed by atoms with Crippen molar-refractivity contribution >= 4 is 24.1 Å². The highest BCUT2D eigenvalue weighted by molar-refractivity contribution is 7.71. The molecule has 0 saturated carbocycles. The average Bonchev–Trinajstić information content (AvgIpc) is 3.09. The Hall–Kier alpha value is -2.96. The fourth-order valence-electron chi connectivity index (χ4n) is 1.91. The van der Waals surface area contributed by atoms with Crippen molar-refractivity contribution in [3.8, 4) is 11.5 Å². The van der Waals surface area contributed by atoms with Crippen LogP contribution in [0, 0.1) is 14.9 Å². The molecular formula is C11H6F3N5O4S. The molecular weight excluding hydrogens is 355 g/mol. The lowest BCUT2D eigenvalue weighted by Gasteiger charge is -2.04. The molecule has 0 saturated heterocycles. The number of H-pyrrole nitrogens is 1. The number of nitrogens with zero attached hydrogens (tertiary/aromatic N) is 4. The number of hydrogen-bond acceptors (Lipinski definition) is 7. The molecule has 9 nitrogen and oxygen atoms in total. The Bertz CT molecular complexity index is 904. The average molecular weight is 361 g/mol. The smallest absolute Gasteiger partial charge is 0.453 e. The minimum absolute atomic E-state index is 0.0829. The second-order valence-electron chi connectivity index (χ2n) is 4.43. The van der Waals surface area contributed by atoms with Crippen LogP contribution in [0.1, 0.15) is 11.4 Å². The first kappa shape index (κ1) is 15.9. The van der Waals surface area contributed by atoms with Crippen molar-refractivity contribution in [2.24, 2.45) is 5.10 Å². The van der Waals surface area contributed by atoms with Crippen LogP contribution in [0.25, 0.3) is 0 Å². The van der Waals surface area contributed by atoms with Crippen LogP contribution in [-0.2, 0) is 6.18 Å². The zero-order chi connectivity index (χ0) is 17.5. The molecule has 0 bridgehead atoms. The molecule has 13 heteroatoms. The molecule has 1 N–H and O–H groups in total. The van der Waals surface area contributed by atoms with Crippen molar-refractivity contribution in [3.05, 3.63) is 38.4 Å². The number of rotatable bonds is 3. The summed E-state index contributed by atoms with van der Waals surface area (Å²) in [5.41, 5.74) is -0.493. The number of hydrogen-bond donors (Lipinski definition) is 1. The molecule has 0 spiro atoms. The SMILES string of the molecule is O=[N+]([O-])c1cc2c(cc1/C=N\n1c(C(F)(F)F)n[nH]c1=S)OCO2. The van der Waals surface area contributed by atoms with Crippen LogP contribution in [0.5, 0.6) is 11.5 Å². The topological polar surface area (TPSA) is 108 Å². The maximum absolute atomic E-state index is 12.8. The van der Waals surface area contributed by atoms with E-state index >= 15 is 0 Å². The molecule has 1 aromatic heterocycles. The highest BCUT2D eigenvalue weighted by Gasteiger charge is 2.37. The van der Waals surface area contributed by atoms with Gasteiger partial charge < -0.3 is 9.47 Å². The Labute approximate surface area is 135 Å². The van der Waals surface area contributed by atoms with E-state index in [-0.39, 0.29) is 23.9 Å². The lowest BCUT2D eigenvalue weighted by Crippen LogP contribution is -2.13. The van der Waals surface area contributed by atoms with Crippen LogP contribution in [-0.4, -0.2) is 32.8 Å². The van der Waals surface area contributed by atoms with Crippen molar-refractivity contribution in [2.45, 2.75) is 6.18 Å². The first-order chi connectivity index (χ1) is 11.3. The van der Waals surface area contributed by atoms with E-state index in [4.69, 9.17) is 9.47 Å². The highest BCUT2D eigenvalue weighted by Crippen LogP contribution is 2.37. The van der Waals surface area contributed by atoms with Crippen molar-refractivity contribution in [1.82, 2.24) is 14.9 Å². The molecule has 0 unspecified atom stereocenters. The minimum Gasteiger partial charge on any atom is -0.454 e. The minimum atomic E-state index is -4.80. The molecule has 0 radical (unpaired) electrons. The number of aromatic nitrogens is 3. The second kappa shape index (κ2) is 5.59. The van der Waals surface area contributed by atoms with Gasteiger partial charge >= 0.3 is 6.18 Å². The third-order valence-electron chi connectivity index (χ3n) is 2.93. The van der Waals surface area contributed by atoms with E-state index in [0.717, 1.165) is 12.3 Å². The third-order valence-corrected chi connectivity index (χ3v) is 3.20. The molecule has 0 aliphatic carbocycles. The molecule has 2 heterocycles. The van der Waals surface area contributed by atoms with Gasteiger partial charge in [0.1, 0.15) is 0 Å². The summed E-state index contributed by atoms with van der Waals surface area (Å²) in [6.07, 6.45) is -3.94. The summed E-state index contributed by atoms with van der Waals surface area (Å²) in [4.78, 5) is 10.4. The van der Waals surface area contributed by atoms with Crippen LogP contribution < -0.4 is 9.47 Å². The van der Waals surface area contributed by atoms with E-state index < -0.39 is 27.4 Å². The van der Waals surface area contributed by atoms with E-state index in [1.807, 2.05) is 5.10 Å². The molecule has 3 rings (SSSR count). The maximum Gasteiger partial charge on any atom is 0.453 e. The van der Waals surface area contributed by atoms with Gasteiger partial charge in [-0.25, -0.2) is 5.10 Å². The van der Waals surface area contributed by atoms with Gasteiger partial charge in [-0.15, -0.1) is 5.10 Å². The number of nitro benzene ring substituents is 1. The predicted molar refractivity (Wildman–Crippen MR) is 74.6 cm³/mol. The van der Waals surface area contributed by atoms with Crippen molar-refractivity contribution < 1.29 is 27.6 Å². The molecule has 0 amide bonds. The lowest BCUT2D eigenvalue weighted by atomic mass is 10.1. The quantitative estimate of drug-likeness (QED) is 0.389. The number of fused-ring (bicyclic) bond motifs is 1. The maximum atomic E-state index is 12.8. The largest absolute Gasteiger partial charge is 0.454 e. The zero-order valence-electron chi connectivity index (χ0n) is 11.4. The molecule has 1 aliphatic rings. The van der Waals surface area contributed by atoms with Gasteiger partial charge in [-0.2, -0.15) is 22.9 Å². The Balaban J connectivity index is 2.06. The summed E-state index contributed by atoms with van der Waals surface area (Å²) in [6.45, 7) is -0.113. The van der Waals surface area contributed by atoms with Gasteiger partial charge in [0, 0.05) is 0 Å². The van der Waals surface area contributed by atoms with Gasteiger partial charge in [0.15, 0.2) is 11.5 Å². The number of halogens is 3. The molecule has 1 aromatic carbocycles. The Morgan fingerprint density at radius 1 is 1.42 bits per heavy atom. The lowest BCUT2D eigenvalue weighted by molar-refractivity contribution is -0.385. The summed E-state index contributed by atoms with van der Waals surface area (Å²) < 4.78 is 48.4. The number of benzene rings is 1. The zero-order valence-corrected chi connectivity index (χ0v) is 12.2. The van der Waals surface area contributed by atoms with Gasteiger partial charge in [0.25, 0.3) is 11.5 Å². The Morgan fingerprint density at radius 2 is 2.08 bits per heavy atom. The Kier molecular flexibility index (Phi) is 3.71. The number of aromatic amines is 1. The molecule has 126 valence electrons. The third kappa shape index (κ3) is 2.80. The fraction of sp³-hybridized carbons (Fsp3) is 0.182. The van der Waals surface area contributed by atoms with Crippen LogP contribution in [0.15, 0.2) is 17.2 Å². The monoisotopic (exact) mass is 361 g/mol. The number of ether oxygens (including phenoxy) is 2. The van der Waals surface area contributed by atoms with Crippen LogP contribution in [0.4, 0.5) is 18.9 Å². The van der Waals surface area contributed by atoms with Gasteiger partial charge in [0.05, 0.1) is 22.8 Å². The number of alkyl halides is 3. The van der Waals surface area contributed by atoms with Gasteiger partial charge in [0.2, 0.25) is 11.6 Å². The molecule has 1 aliphatic heterocycles. The predicted octanol–water partition coefficient (Wildman–Crippen LogP) is 2.48. The highest BCUT2D eigenvalue weighted by atomic mass is 32.1. The summed E-state index contributed by atoms with van der Waals surface area (Å²) in [7, 11) is 0. The van der Waals surface area contributed by atoms with Crippen LogP contribution in [0.2, 0.25) is 0 Å². The summed E-state index contributed by atoms with van der Waals surface area (Å²) in [6, 6.07) is 2.34. The van der Waals surface area contributed by atoms with Gasteiger partial charge in [-0.1, -0.05) is 0 Å². The summed E-state index contributed by atoms with van der Waals surface area (Å²) >= 11 is 4.67. The van der Waals surface area contributed by atoms with E-state index in [1.165, 1.54) is 6.07 Å². The molecule has 0 fully saturated rings. The Morgan fingerprint density at radius 3 is 2.71 bits per heavy atom. The van der Waals surface area contributed by atoms with E-state index in [1.54, 1.807) is 0 Å². The van der Waals surface area contributed by atoms with Crippen molar-refractivity contribution in [2.75, 3.05) is 6.79 Å². The normalized spacial score (nSPS) is 13.6. The second-order valence-corrected chi connectivity index (χ2v) is 4.81. The summed E-state index contributed by atoms with van der Waals surface area (Å²) in [5.74, 6) is -1.00. The van der Waals surface area contributed by atoms with Crippen molar-refractivity contribution in [1.29, 1.82) is 0 Å². The van der Waals surface area contributed by atoms with Crippen LogP contribution >= 0.6 is 12.2 Å². The van der Waals surface area contributed by atoms with E-state index in [9.17, 15) is 23.3 Å². The number of nitro groups is 1. The van der Waals surface area contributed by atoms with E-state index in [2.05, 4.69) is 22.4 Å². The molecule has 0 atom stereocenters. The van der Waals surface area contributed by atoms with Gasteiger partial charge in [-0.3, -0.25) is 10.1 Å². The van der Waals surface area contributed by atoms with Gasteiger partial charge in [-0.05, 0) is 18.3 Å². The molecule has 24 heavy (non-hydrogen) atoms. The standard InChI is InChI=1S/C11H6F3N5O4S/c12-11(13,14)9-16-17-10(24)18(9)15-3-5-1-7-8(23-4-22-7)2-6(5)19(20)21/h1-3H,4H2,(H,17,24)/b15-3-. The molecule has 2 aromatic rings. The van der Waals surface area contributed by atoms with Crippen molar-refractivity contribution in [3.63, 3.8) is 0 Å². The fourth-order valence-corrected chi connectivity index (χ4v) is 2.09.